The number of hydrogen-bond acceptors (Lipinski definition) is 3. The molecule has 16 heavy (non-hydrogen) atoms. The number of nitrogens with one attached hydrogen (secondary N) is 1. The molecule has 0 aliphatic carbocycles. The van der Waals surface area contributed by atoms with Gasteiger partial charge in [-0.05, 0) is 18.2 Å². The van der Waals surface area contributed by atoms with Crippen LogP contribution in [-0.4, -0.2) is 15.0 Å². The summed E-state index contributed by atoms with van der Waals surface area (Å²) in [5.41, 5.74) is 5.28. The Hall–Kier alpha value is -1.58. The Balaban J connectivity index is 2.95. The van der Waals surface area contributed by atoms with Crippen molar-refractivity contribution >= 4 is 15.7 Å². The maximum Gasteiger partial charge on any atom is 0.242 e. The molecule has 3 N–H and O–H groups in total. The van der Waals surface area contributed by atoms with Crippen molar-refractivity contribution in [3.8, 4) is 12.3 Å². The van der Waals surface area contributed by atoms with Crippen molar-refractivity contribution in [1.29, 1.82) is 0 Å². The number of rotatable bonds is 4. The van der Waals surface area contributed by atoms with Crippen LogP contribution in [0.5, 0.6) is 0 Å². The molecule has 0 bridgehead atoms. The summed E-state index contributed by atoms with van der Waals surface area (Å²) < 4.78 is 38.3. The van der Waals surface area contributed by atoms with Crippen LogP contribution in [0.3, 0.4) is 0 Å². The number of sulfonamides is 1. The lowest BCUT2D eigenvalue weighted by atomic mass is 10.3. The molecule has 0 aliphatic rings. The second-order valence-corrected chi connectivity index (χ2v) is 4.77. The second-order valence-electron chi connectivity index (χ2n) is 3.03. The number of benzene rings is 1. The molecule has 0 spiro atoms. The minimum Gasteiger partial charge on any atom is -0.398 e. The molecule has 0 heterocycles. The van der Waals surface area contributed by atoms with Gasteiger partial charge in [-0.25, -0.2) is 17.5 Å². The third-order valence-electron chi connectivity index (χ3n) is 1.82. The number of halogens is 1. The van der Waals surface area contributed by atoms with E-state index in [-0.39, 0.29) is 23.5 Å². The van der Waals surface area contributed by atoms with Gasteiger partial charge in [-0.15, -0.1) is 12.3 Å². The van der Waals surface area contributed by atoms with Crippen molar-refractivity contribution in [2.45, 2.75) is 11.3 Å². The Labute approximate surface area is 93.7 Å². The first-order valence-electron chi connectivity index (χ1n) is 4.45. The molecule has 0 unspecified atom stereocenters. The smallest absolute Gasteiger partial charge is 0.242 e. The molecule has 4 nitrogen and oxygen atoms in total. The standard InChI is InChI=1S/C10H11FN2O2S/c1-2-3-6-13-16(14,15)10-5-4-8(11)7-9(10)12/h1,4-5,7,13H,3,6,12H2. The average molecular weight is 242 g/mol. The van der Waals surface area contributed by atoms with E-state index in [4.69, 9.17) is 12.2 Å². The normalized spacial score (nSPS) is 11.0. The summed E-state index contributed by atoms with van der Waals surface area (Å²) in [7, 11) is -3.72. The van der Waals surface area contributed by atoms with Crippen molar-refractivity contribution in [2.75, 3.05) is 12.3 Å². The first-order valence-corrected chi connectivity index (χ1v) is 5.94. The third kappa shape index (κ3) is 2.95. The average Bonchev–Trinajstić information content (AvgIpc) is 2.17. The van der Waals surface area contributed by atoms with Gasteiger partial charge in [0.2, 0.25) is 10.0 Å². The molecule has 0 radical (unpaired) electrons. The van der Waals surface area contributed by atoms with Crippen molar-refractivity contribution in [3.63, 3.8) is 0 Å². The van der Waals surface area contributed by atoms with Gasteiger partial charge in [0, 0.05) is 13.0 Å². The highest BCUT2D eigenvalue weighted by molar-refractivity contribution is 7.89. The molecule has 0 saturated heterocycles. The van der Waals surface area contributed by atoms with Crippen molar-refractivity contribution in [1.82, 2.24) is 4.72 Å². The Morgan fingerprint density at radius 1 is 1.50 bits per heavy atom. The Morgan fingerprint density at radius 3 is 2.75 bits per heavy atom. The molecule has 86 valence electrons. The van der Waals surface area contributed by atoms with Crippen molar-refractivity contribution in [3.05, 3.63) is 24.0 Å². The van der Waals surface area contributed by atoms with Gasteiger partial charge in [0.15, 0.2) is 0 Å². The van der Waals surface area contributed by atoms with Gasteiger partial charge in [-0.1, -0.05) is 0 Å². The van der Waals surface area contributed by atoms with E-state index in [1.54, 1.807) is 0 Å². The third-order valence-corrected chi connectivity index (χ3v) is 3.36. The molecular weight excluding hydrogens is 231 g/mol. The molecule has 0 saturated carbocycles. The van der Waals surface area contributed by atoms with E-state index in [0.717, 1.165) is 18.2 Å². The van der Waals surface area contributed by atoms with Crippen LogP contribution in [-0.2, 0) is 10.0 Å². The van der Waals surface area contributed by atoms with Crippen LogP contribution in [0.2, 0.25) is 0 Å². The van der Waals surface area contributed by atoms with Crippen LogP contribution < -0.4 is 10.5 Å². The summed E-state index contributed by atoms with van der Waals surface area (Å²) in [6, 6.07) is 3.10. The van der Waals surface area contributed by atoms with E-state index in [1.807, 2.05) is 0 Å². The summed E-state index contributed by atoms with van der Waals surface area (Å²) in [6.07, 6.45) is 5.27. The van der Waals surface area contributed by atoms with Gasteiger partial charge >= 0.3 is 0 Å². The highest BCUT2D eigenvalue weighted by atomic mass is 32.2. The number of anilines is 1. The highest BCUT2D eigenvalue weighted by Crippen LogP contribution is 2.18. The van der Waals surface area contributed by atoms with Crippen molar-refractivity contribution < 1.29 is 12.8 Å². The fourth-order valence-electron chi connectivity index (χ4n) is 1.10. The Bertz CT molecular complexity index is 520. The van der Waals surface area contributed by atoms with Crippen LogP contribution in [0.15, 0.2) is 23.1 Å². The van der Waals surface area contributed by atoms with Gasteiger partial charge in [-0.3, -0.25) is 0 Å². The molecule has 0 aliphatic heterocycles. The summed E-state index contributed by atoms with van der Waals surface area (Å²) >= 11 is 0. The first-order chi connectivity index (χ1) is 7.47. The van der Waals surface area contributed by atoms with E-state index >= 15 is 0 Å². The fraction of sp³-hybridized carbons (Fsp3) is 0.200. The zero-order valence-corrected chi connectivity index (χ0v) is 9.22. The van der Waals surface area contributed by atoms with E-state index < -0.39 is 15.8 Å². The monoisotopic (exact) mass is 242 g/mol. The predicted molar refractivity (Wildman–Crippen MR) is 59.5 cm³/mol. The van der Waals surface area contributed by atoms with Gasteiger partial charge in [0.1, 0.15) is 10.7 Å². The highest BCUT2D eigenvalue weighted by Gasteiger charge is 2.16. The fourth-order valence-corrected chi connectivity index (χ4v) is 2.24. The van der Waals surface area contributed by atoms with Gasteiger partial charge in [0.05, 0.1) is 5.69 Å². The lowest BCUT2D eigenvalue weighted by Crippen LogP contribution is -2.25. The lowest BCUT2D eigenvalue weighted by molar-refractivity contribution is 0.582. The van der Waals surface area contributed by atoms with Crippen LogP contribution in [0.1, 0.15) is 6.42 Å². The van der Waals surface area contributed by atoms with Crippen LogP contribution in [0.4, 0.5) is 10.1 Å². The molecule has 1 rings (SSSR count). The minimum absolute atomic E-state index is 0.121. The quantitative estimate of drug-likeness (QED) is 0.464. The van der Waals surface area contributed by atoms with Crippen LogP contribution >= 0.6 is 0 Å². The predicted octanol–water partition coefficient (Wildman–Crippen LogP) is 0.710. The van der Waals surface area contributed by atoms with Gasteiger partial charge in [-0.2, -0.15) is 0 Å². The zero-order valence-electron chi connectivity index (χ0n) is 8.40. The molecule has 0 aromatic heterocycles. The minimum atomic E-state index is -3.72. The topological polar surface area (TPSA) is 72.2 Å². The molecule has 1 aromatic carbocycles. The Kier molecular flexibility index (Phi) is 3.88. The molecule has 0 atom stereocenters. The first kappa shape index (κ1) is 12.5. The summed E-state index contributed by atoms with van der Waals surface area (Å²) in [5.74, 6) is 1.71. The van der Waals surface area contributed by atoms with E-state index in [9.17, 15) is 12.8 Å². The largest absolute Gasteiger partial charge is 0.398 e. The van der Waals surface area contributed by atoms with Crippen LogP contribution in [0, 0.1) is 18.2 Å². The summed E-state index contributed by atoms with van der Waals surface area (Å²) in [4.78, 5) is -0.147. The number of nitrogens with two attached hydrogens (primary N) is 1. The number of nitrogen functional groups attached to an aromatic ring is 1. The molecular formula is C10H11FN2O2S. The number of hydrogen-bond donors (Lipinski definition) is 2. The second kappa shape index (κ2) is 4.96. The maximum atomic E-state index is 12.7. The molecule has 0 fully saturated rings. The van der Waals surface area contributed by atoms with Gasteiger partial charge < -0.3 is 5.73 Å². The lowest BCUT2D eigenvalue weighted by Gasteiger charge is -2.07. The van der Waals surface area contributed by atoms with Crippen molar-refractivity contribution in [2.24, 2.45) is 0 Å². The number of terminal acetylenes is 1. The Morgan fingerprint density at radius 2 is 2.19 bits per heavy atom. The maximum absolute atomic E-state index is 12.7. The molecule has 0 amide bonds. The zero-order chi connectivity index (χ0) is 12.2. The van der Waals surface area contributed by atoms with E-state index in [2.05, 4.69) is 10.6 Å². The van der Waals surface area contributed by atoms with Crippen LogP contribution in [0.25, 0.3) is 0 Å². The van der Waals surface area contributed by atoms with Gasteiger partial charge in [0.25, 0.3) is 0 Å². The molecule has 6 heteroatoms. The summed E-state index contributed by atoms with van der Waals surface area (Å²) in [6.45, 7) is 0.121. The molecule has 1 aromatic rings. The van der Waals surface area contributed by atoms with E-state index in [1.165, 1.54) is 0 Å². The SMILES string of the molecule is C#CCCNS(=O)(=O)c1ccc(F)cc1N. The summed E-state index contributed by atoms with van der Waals surface area (Å²) in [5, 5.41) is 0. The van der Waals surface area contributed by atoms with E-state index in [0.29, 0.717) is 0 Å².